The van der Waals surface area contributed by atoms with E-state index < -0.39 is 22.9 Å². The van der Waals surface area contributed by atoms with Crippen molar-refractivity contribution >= 4 is 28.5 Å². The van der Waals surface area contributed by atoms with Gasteiger partial charge in [0.05, 0.1) is 23.6 Å². The molecule has 1 saturated heterocycles. The molecule has 3 heterocycles. The van der Waals surface area contributed by atoms with Gasteiger partial charge in [-0.2, -0.15) is 0 Å². The quantitative estimate of drug-likeness (QED) is 0.588. The number of nitrogens with one attached hydrogen (secondary N) is 1. The van der Waals surface area contributed by atoms with Crippen LogP contribution in [0, 0.1) is 6.92 Å². The lowest BCUT2D eigenvalue weighted by Crippen LogP contribution is -2.56. The number of aromatic nitrogens is 4. The molecular weight excluding hydrogens is 446 g/mol. The summed E-state index contributed by atoms with van der Waals surface area (Å²) in [6.07, 6.45) is 3.50. The van der Waals surface area contributed by atoms with Gasteiger partial charge in [-0.25, -0.2) is 9.78 Å². The van der Waals surface area contributed by atoms with Crippen molar-refractivity contribution < 1.29 is 9.90 Å². The minimum Gasteiger partial charge on any atom is -0.386 e. The van der Waals surface area contributed by atoms with Crippen molar-refractivity contribution in [1.29, 1.82) is 0 Å². The van der Waals surface area contributed by atoms with Crippen molar-refractivity contribution in [3.63, 3.8) is 0 Å². The number of likely N-dealkylation sites (tertiary alicyclic amines) is 1. The number of imidazole rings is 1. The Bertz CT molecular complexity index is 1320. The minimum absolute atomic E-state index is 0.0412. The Hall–Kier alpha value is -2.91. The van der Waals surface area contributed by atoms with Gasteiger partial charge in [-0.05, 0) is 44.9 Å². The van der Waals surface area contributed by atoms with Crippen molar-refractivity contribution in [3.05, 3.63) is 61.6 Å². The van der Waals surface area contributed by atoms with Gasteiger partial charge >= 0.3 is 5.69 Å². The van der Waals surface area contributed by atoms with E-state index >= 15 is 0 Å². The van der Waals surface area contributed by atoms with Crippen LogP contribution in [-0.4, -0.2) is 53.7 Å². The number of H-pyrrole nitrogens is 1. The first-order chi connectivity index (χ1) is 15.6. The molecule has 2 aromatic heterocycles. The Morgan fingerprint density at radius 1 is 1.36 bits per heavy atom. The van der Waals surface area contributed by atoms with Crippen LogP contribution >= 0.6 is 11.6 Å². The maximum atomic E-state index is 12.8. The average molecular weight is 474 g/mol. The lowest BCUT2D eigenvalue weighted by Gasteiger charge is -2.43. The molecule has 2 atom stereocenters. The molecule has 10 heteroatoms. The summed E-state index contributed by atoms with van der Waals surface area (Å²) in [6.45, 7) is 3.77. The number of carbonyl (C=O) groups excluding carboxylic acids is 1. The number of carbonyl (C=O) groups is 1. The zero-order valence-electron chi connectivity index (χ0n) is 19.0. The molecular formula is C23H28ClN5O4. The number of piperidine rings is 1. The summed E-state index contributed by atoms with van der Waals surface area (Å²) in [5, 5.41) is 11.7. The fraction of sp³-hybridized carbons (Fsp3) is 0.478. The largest absolute Gasteiger partial charge is 0.386 e. The number of fused-ring (bicyclic) bond motifs is 1. The van der Waals surface area contributed by atoms with Crippen LogP contribution in [0.4, 0.5) is 0 Å². The second kappa shape index (κ2) is 8.79. The molecule has 0 bridgehead atoms. The van der Waals surface area contributed by atoms with Gasteiger partial charge < -0.3 is 14.6 Å². The fourth-order valence-electron chi connectivity index (χ4n) is 4.63. The number of nitrogens with zero attached hydrogens (tertiary/aromatic N) is 4. The second-order valence-corrected chi connectivity index (χ2v) is 9.47. The number of benzene rings is 1. The molecule has 3 aromatic rings. The SMILES string of the molecule is Cc1cn([C@H]2CCN(C(=O)CCCc3nc4cc(Cl)ccc4n3C)C[C@]2(C)O)c(=O)[nH]c1=O. The number of halogens is 1. The first kappa shape index (κ1) is 23.3. The van der Waals surface area contributed by atoms with Crippen LogP contribution in [0.5, 0.6) is 0 Å². The van der Waals surface area contributed by atoms with Crippen LogP contribution in [0.2, 0.25) is 5.02 Å². The Morgan fingerprint density at radius 2 is 2.12 bits per heavy atom. The third kappa shape index (κ3) is 4.60. The molecule has 9 nitrogen and oxygen atoms in total. The summed E-state index contributed by atoms with van der Waals surface area (Å²) in [4.78, 5) is 45.3. The lowest BCUT2D eigenvalue weighted by molar-refractivity contribution is -0.140. The molecule has 33 heavy (non-hydrogen) atoms. The van der Waals surface area contributed by atoms with E-state index in [0.29, 0.717) is 42.8 Å². The molecule has 1 aliphatic rings. The number of aromatic amines is 1. The Morgan fingerprint density at radius 3 is 2.85 bits per heavy atom. The number of aryl methyl sites for hydroxylation is 3. The Kier molecular flexibility index (Phi) is 6.20. The predicted octanol–water partition coefficient (Wildman–Crippen LogP) is 1.93. The summed E-state index contributed by atoms with van der Waals surface area (Å²) >= 11 is 6.05. The summed E-state index contributed by atoms with van der Waals surface area (Å²) in [5.74, 6) is 0.846. The number of hydrogen-bond donors (Lipinski definition) is 2. The first-order valence-corrected chi connectivity index (χ1v) is 11.4. The van der Waals surface area contributed by atoms with Gasteiger partial charge in [0.25, 0.3) is 5.56 Å². The molecule has 0 radical (unpaired) electrons. The third-order valence-corrected chi connectivity index (χ3v) is 6.70. The zero-order chi connectivity index (χ0) is 23.9. The van der Waals surface area contributed by atoms with Gasteiger partial charge in [0.1, 0.15) is 11.4 Å². The van der Waals surface area contributed by atoms with Gasteiger partial charge in [-0.1, -0.05) is 11.6 Å². The van der Waals surface area contributed by atoms with Gasteiger partial charge in [0, 0.05) is 43.2 Å². The lowest BCUT2D eigenvalue weighted by atomic mass is 9.88. The number of rotatable bonds is 5. The van der Waals surface area contributed by atoms with Crippen LogP contribution in [0.3, 0.4) is 0 Å². The molecule has 1 aromatic carbocycles. The number of aliphatic hydroxyl groups is 1. The highest BCUT2D eigenvalue weighted by atomic mass is 35.5. The molecule has 0 saturated carbocycles. The molecule has 0 spiro atoms. The molecule has 0 aliphatic carbocycles. The summed E-state index contributed by atoms with van der Waals surface area (Å²) < 4.78 is 3.38. The number of β-amino-alcohol motifs (C(OH)–C–C–N with tert-alkyl or cyclic N) is 1. The Balaban J connectivity index is 1.39. The molecule has 1 aliphatic heterocycles. The van der Waals surface area contributed by atoms with Crippen molar-refractivity contribution in [2.24, 2.45) is 7.05 Å². The van der Waals surface area contributed by atoms with E-state index in [4.69, 9.17) is 11.6 Å². The second-order valence-electron chi connectivity index (χ2n) is 9.03. The molecule has 1 fully saturated rings. The number of amides is 1. The topological polar surface area (TPSA) is 113 Å². The highest BCUT2D eigenvalue weighted by Gasteiger charge is 2.41. The van der Waals surface area contributed by atoms with Crippen LogP contribution in [0.15, 0.2) is 34.0 Å². The van der Waals surface area contributed by atoms with Crippen LogP contribution in [0.1, 0.15) is 43.6 Å². The highest BCUT2D eigenvalue weighted by molar-refractivity contribution is 6.31. The van der Waals surface area contributed by atoms with E-state index in [0.717, 1.165) is 16.9 Å². The van der Waals surface area contributed by atoms with Crippen molar-refractivity contribution in [1.82, 2.24) is 24.0 Å². The normalized spacial score (nSPS) is 21.0. The smallest absolute Gasteiger partial charge is 0.328 e. The van der Waals surface area contributed by atoms with Gasteiger partial charge in [-0.15, -0.1) is 0 Å². The molecule has 1 amide bonds. The van der Waals surface area contributed by atoms with Crippen molar-refractivity contribution in [3.8, 4) is 0 Å². The molecule has 176 valence electrons. The van der Waals surface area contributed by atoms with Crippen molar-refractivity contribution in [2.75, 3.05) is 13.1 Å². The number of hydrogen-bond acceptors (Lipinski definition) is 5. The predicted molar refractivity (Wildman–Crippen MR) is 126 cm³/mol. The Labute approximate surface area is 195 Å². The van der Waals surface area contributed by atoms with Crippen LogP contribution in [-0.2, 0) is 18.3 Å². The van der Waals surface area contributed by atoms with E-state index in [1.54, 1.807) is 18.7 Å². The zero-order valence-corrected chi connectivity index (χ0v) is 19.7. The van der Waals surface area contributed by atoms with Crippen LogP contribution in [0.25, 0.3) is 11.0 Å². The van der Waals surface area contributed by atoms with Gasteiger partial charge in [-0.3, -0.25) is 19.1 Å². The van der Waals surface area contributed by atoms with Gasteiger partial charge in [0.15, 0.2) is 0 Å². The molecule has 2 N–H and O–H groups in total. The average Bonchev–Trinajstić information content (AvgIpc) is 3.05. The maximum Gasteiger partial charge on any atom is 0.328 e. The minimum atomic E-state index is -1.31. The van der Waals surface area contributed by atoms with E-state index in [2.05, 4.69) is 9.97 Å². The fourth-order valence-corrected chi connectivity index (χ4v) is 4.80. The first-order valence-electron chi connectivity index (χ1n) is 11.0. The summed E-state index contributed by atoms with van der Waals surface area (Å²) in [5.41, 5.74) is -0.0810. The van der Waals surface area contributed by atoms with Crippen molar-refractivity contribution in [2.45, 2.75) is 51.2 Å². The highest BCUT2D eigenvalue weighted by Crippen LogP contribution is 2.31. The summed E-state index contributed by atoms with van der Waals surface area (Å²) in [7, 11) is 1.95. The van der Waals surface area contributed by atoms with E-state index in [1.807, 2.05) is 29.8 Å². The van der Waals surface area contributed by atoms with E-state index in [-0.39, 0.29) is 12.5 Å². The van der Waals surface area contributed by atoms with E-state index in [1.165, 1.54) is 10.8 Å². The van der Waals surface area contributed by atoms with Gasteiger partial charge in [0.2, 0.25) is 5.91 Å². The summed E-state index contributed by atoms with van der Waals surface area (Å²) in [6, 6.07) is 5.06. The monoisotopic (exact) mass is 473 g/mol. The van der Waals surface area contributed by atoms with E-state index in [9.17, 15) is 19.5 Å². The molecule has 4 rings (SSSR count). The standard InChI is InChI=1S/C23H28ClN5O4/c1-14-12-29(22(32)26-21(14)31)18-9-10-28(13-23(18,2)33)20(30)6-4-5-19-25-16-11-15(24)7-8-17(16)27(19)3/h7-8,11-12,18,33H,4-6,9-10,13H2,1-3H3,(H,26,31,32)/t18-,23-/m0/s1. The molecule has 0 unspecified atom stereocenters. The maximum absolute atomic E-state index is 12.8. The third-order valence-electron chi connectivity index (χ3n) is 6.46. The van der Waals surface area contributed by atoms with Crippen LogP contribution < -0.4 is 11.2 Å².